The van der Waals surface area contributed by atoms with Gasteiger partial charge in [-0.25, -0.2) is 0 Å². The van der Waals surface area contributed by atoms with Crippen molar-refractivity contribution in [2.45, 2.75) is 37.9 Å². The number of thioether (sulfide) groups is 1. The molecule has 0 aliphatic rings. The Balaban J connectivity index is 2.55. The van der Waals surface area contributed by atoms with Crippen LogP contribution in [0.5, 0.6) is 5.75 Å². The molecule has 1 unspecified atom stereocenters. The summed E-state index contributed by atoms with van der Waals surface area (Å²) in [5, 5.41) is 0.508. The lowest BCUT2D eigenvalue weighted by molar-refractivity contribution is -0.274. The molecule has 3 nitrogen and oxygen atoms in total. The fourth-order valence-corrected chi connectivity index (χ4v) is 2.42. The summed E-state index contributed by atoms with van der Waals surface area (Å²) in [7, 11) is 0. The van der Waals surface area contributed by atoms with Crippen LogP contribution in [-0.2, 0) is 6.42 Å². The predicted molar refractivity (Wildman–Crippen MR) is 75.5 cm³/mol. The van der Waals surface area contributed by atoms with Gasteiger partial charge in [-0.15, -0.1) is 13.2 Å². The van der Waals surface area contributed by atoms with Crippen LogP contribution in [0, 0.1) is 0 Å². The molecule has 1 aromatic rings. The third-order valence-corrected chi connectivity index (χ3v) is 3.77. The van der Waals surface area contributed by atoms with Crippen LogP contribution in [0.4, 0.5) is 13.2 Å². The predicted octanol–water partition coefficient (Wildman–Crippen LogP) is 3.10. The summed E-state index contributed by atoms with van der Waals surface area (Å²) >= 11 is 1.78. The highest BCUT2D eigenvalue weighted by Gasteiger charge is 2.30. The fourth-order valence-electron chi connectivity index (χ4n) is 1.59. The van der Waals surface area contributed by atoms with Gasteiger partial charge in [-0.2, -0.15) is 11.8 Å². The molecule has 0 fully saturated rings. The molecule has 7 heteroatoms. The summed E-state index contributed by atoms with van der Waals surface area (Å²) in [6.07, 6.45) is -4.00. The summed E-state index contributed by atoms with van der Waals surface area (Å²) in [6.45, 7) is 4.20. The third kappa shape index (κ3) is 7.02. The highest BCUT2D eigenvalue weighted by Crippen LogP contribution is 2.23. The van der Waals surface area contributed by atoms with Crippen LogP contribution >= 0.6 is 11.8 Å². The number of hydrazine groups is 1. The monoisotopic (exact) mass is 308 g/mol. The molecule has 0 amide bonds. The standard InChI is InChI=1S/C13H19F3N2OS/c1-9(2)20-8-11(18-17)7-10-3-5-12(6-4-10)19-13(14,15)16/h3-6,9,11,18H,7-8,17H2,1-2H3. The van der Waals surface area contributed by atoms with Gasteiger partial charge >= 0.3 is 6.36 Å². The van der Waals surface area contributed by atoms with Crippen LogP contribution in [0.3, 0.4) is 0 Å². The first-order valence-electron chi connectivity index (χ1n) is 6.22. The molecule has 0 aromatic heterocycles. The molecule has 1 atom stereocenters. The molecule has 0 radical (unpaired) electrons. The van der Waals surface area contributed by atoms with Gasteiger partial charge in [0.25, 0.3) is 0 Å². The summed E-state index contributed by atoms with van der Waals surface area (Å²) in [5.41, 5.74) is 3.64. The number of benzene rings is 1. The van der Waals surface area contributed by atoms with E-state index in [-0.39, 0.29) is 11.8 Å². The number of rotatable bonds is 7. The van der Waals surface area contributed by atoms with E-state index < -0.39 is 6.36 Å². The van der Waals surface area contributed by atoms with E-state index in [2.05, 4.69) is 24.0 Å². The fraction of sp³-hybridized carbons (Fsp3) is 0.538. The number of halogens is 3. The van der Waals surface area contributed by atoms with Crippen molar-refractivity contribution in [3.8, 4) is 5.75 Å². The highest BCUT2D eigenvalue weighted by molar-refractivity contribution is 7.99. The van der Waals surface area contributed by atoms with Gasteiger partial charge in [-0.05, 0) is 29.4 Å². The minimum atomic E-state index is -4.66. The minimum absolute atomic E-state index is 0.0804. The topological polar surface area (TPSA) is 47.3 Å². The molecular formula is C13H19F3N2OS. The maximum absolute atomic E-state index is 12.0. The first kappa shape index (κ1) is 17.1. The van der Waals surface area contributed by atoms with Crippen molar-refractivity contribution in [2.24, 2.45) is 5.84 Å². The van der Waals surface area contributed by atoms with Gasteiger partial charge in [0.15, 0.2) is 0 Å². The Hall–Kier alpha value is -0.920. The SMILES string of the molecule is CC(C)SCC(Cc1ccc(OC(F)(F)F)cc1)NN. The van der Waals surface area contributed by atoms with Gasteiger partial charge in [-0.1, -0.05) is 26.0 Å². The van der Waals surface area contributed by atoms with Crippen molar-refractivity contribution in [3.05, 3.63) is 29.8 Å². The molecule has 1 rings (SSSR count). The summed E-state index contributed by atoms with van der Waals surface area (Å²) in [4.78, 5) is 0. The summed E-state index contributed by atoms with van der Waals surface area (Å²) in [6, 6.07) is 5.94. The average Bonchev–Trinajstić information content (AvgIpc) is 2.34. The molecule has 0 aliphatic carbocycles. The van der Waals surface area contributed by atoms with Gasteiger partial charge in [0.2, 0.25) is 0 Å². The van der Waals surface area contributed by atoms with Crippen LogP contribution in [-0.4, -0.2) is 23.4 Å². The molecule has 0 heterocycles. The maximum atomic E-state index is 12.0. The molecule has 0 saturated heterocycles. The number of nitrogens with two attached hydrogens (primary N) is 1. The third-order valence-electron chi connectivity index (χ3n) is 2.51. The maximum Gasteiger partial charge on any atom is 0.573 e. The Kier molecular flexibility index (Phi) is 6.64. The zero-order valence-electron chi connectivity index (χ0n) is 11.4. The lowest BCUT2D eigenvalue weighted by Gasteiger charge is -2.17. The lowest BCUT2D eigenvalue weighted by Crippen LogP contribution is -2.39. The second kappa shape index (κ2) is 7.75. The zero-order valence-corrected chi connectivity index (χ0v) is 12.2. The van der Waals surface area contributed by atoms with Crippen LogP contribution in [0.2, 0.25) is 0 Å². The smallest absolute Gasteiger partial charge is 0.406 e. The van der Waals surface area contributed by atoms with Crippen LogP contribution in [0.15, 0.2) is 24.3 Å². The molecule has 3 N–H and O–H groups in total. The number of alkyl halides is 3. The number of hydrogen-bond donors (Lipinski definition) is 2. The van der Waals surface area contributed by atoms with Gasteiger partial charge < -0.3 is 4.74 Å². The molecule has 0 spiro atoms. The van der Waals surface area contributed by atoms with Gasteiger partial charge in [-0.3, -0.25) is 11.3 Å². The van der Waals surface area contributed by atoms with E-state index in [0.717, 1.165) is 11.3 Å². The lowest BCUT2D eigenvalue weighted by atomic mass is 10.1. The Bertz CT molecular complexity index is 396. The van der Waals surface area contributed by atoms with Crippen molar-refractivity contribution >= 4 is 11.8 Å². The summed E-state index contributed by atoms with van der Waals surface area (Å²) in [5.74, 6) is 6.11. The Morgan fingerprint density at radius 3 is 2.30 bits per heavy atom. The molecule has 0 aliphatic heterocycles. The van der Waals surface area contributed by atoms with Gasteiger partial charge in [0.1, 0.15) is 5.75 Å². The normalized spacial score (nSPS) is 13.6. The second-order valence-corrected chi connectivity index (χ2v) is 6.25. The first-order chi connectivity index (χ1) is 9.30. The summed E-state index contributed by atoms with van der Waals surface area (Å²) < 4.78 is 39.9. The minimum Gasteiger partial charge on any atom is -0.406 e. The molecular weight excluding hydrogens is 289 g/mol. The Morgan fingerprint density at radius 2 is 1.85 bits per heavy atom. The molecule has 1 aromatic carbocycles. The Labute approximate surface area is 121 Å². The van der Waals surface area contributed by atoms with Crippen LogP contribution in [0.25, 0.3) is 0 Å². The van der Waals surface area contributed by atoms with Crippen molar-refractivity contribution in [3.63, 3.8) is 0 Å². The van der Waals surface area contributed by atoms with Gasteiger partial charge in [0.05, 0.1) is 0 Å². The molecule has 114 valence electrons. The largest absolute Gasteiger partial charge is 0.573 e. The first-order valence-corrected chi connectivity index (χ1v) is 7.27. The van der Waals surface area contributed by atoms with E-state index in [1.54, 1.807) is 23.9 Å². The Morgan fingerprint density at radius 1 is 1.25 bits per heavy atom. The van der Waals surface area contributed by atoms with Crippen molar-refractivity contribution in [1.82, 2.24) is 5.43 Å². The van der Waals surface area contributed by atoms with E-state index in [1.807, 2.05) is 0 Å². The van der Waals surface area contributed by atoms with Gasteiger partial charge in [0, 0.05) is 11.8 Å². The second-order valence-electron chi connectivity index (χ2n) is 4.64. The van der Waals surface area contributed by atoms with E-state index in [4.69, 9.17) is 5.84 Å². The van der Waals surface area contributed by atoms with E-state index in [1.165, 1.54) is 12.1 Å². The van der Waals surface area contributed by atoms with Crippen molar-refractivity contribution in [2.75, 3.05) is 5.75 Å². The molecule has 0 saturated carbocycles. The van der Waals surface area contributed by atoms with Crippen molar-refractivity contribution < 1.29 is 17.9 Å². The number of nitrogens with one attached hydrogen (secondary N) is 1. The van der Waals surface area contributed by atoms with Crippen LogP contribution in [0.1, 0.15) is 19.4 Å². The van der Waals surface area contributed by atoms with E-state index in [0.29, 0.717) is 11.7 Å². The van der Waals surface area contributed by atoms with Crippen LogP contribution < -0.4 is 16.0 Å². The highest BCUT2D eigenvalue weighted by atomic mass is 32.2. The number of ether oxygens (including phenoxy) is 1. The van der Waals surface area contributed by atoms with E-state index in [9.17, 15) is 13.2 Å². The quantitative estimate of drug-likeness (QED) is 0.600. The molecule has 0 bridgehead atoms. The number of hydrogen-bond acceptors (Lipinski definition) is 4. The molecule has 20 heavy (non-hydrogen) atoms. The van der Waals surface area contributed by atoms with E-state index >= 15 is 0 Å². The zero-order chi connectivity index (χ0) is 15.2. The van der Waals surface area contributed by atoms with Crippen molar-refractivity contribution in [1.29, 1.82) is 0 Å². The average molecular weight is 308 g/mol.